The molecule has 0 aliphatic rings. The van der Waals surface area contributed by atoms with Crippen LogP contribution in [0.3, 0.4) is 0 Å². The largest absolute Gasteiger partial charge is 0.375 e. The lowest BCUT2D eigenvalue weighted by atomic mass is 10.2. The maximum Gasteiger partial charge on any atom is 0.190 e. The number of anilines is 1. The first-order chi connectivity index (χ1) is 9.63. The molecule has 0 spiro atoms. The highest BCUT2D eigenvalue weighted by Gasteiger charge is 2.01. The molecule has 0 saturated carbocycles. The highest BCUT2D eigenvalue weighted by molar-refractivity contribution is 5.79. The Morgan fingerprint density at radius 2 is 1.90 bits per heavy atom. The van der Waals surface area contributed by atoms with E-state index in [1.165, 1.54) is 5.69 Å². The Hall–Kier alpha value is -1.71. The molecule has 0 saturated heterocycles. The van der Waals surface area contributed by atoms with Crippen molar-refractivity contribution in [3.05, 3.63) is 30.3 Å². The molecule has 0 bridgehead atoms. The van der Waals surface area contributed by atoms with Crippen molar-refractivity contribution in [1.82, 2.24) is 10.6 Å². The molecule has 0 radical (unpaired) electrons. The van der Waals surface area contributed by atoms with Crippen LogP contribution in [0.25, 0.3) is 0 Å². The van der Waals surface area contributed by atoms with E-state index in [1.54, 1.807) is 0 Å². The summed E-state index contributed by atoms with van der Waals surface area (Å²) in [5.74, 6) is 1.51. The van der Waals surface area contributed by atoms with E-state index in [9.17, 15) is 0 Å². The molecule has 0 aromatic heterocycles. The molecule has 1 aromatic rings. The van der Waals surface area contributed by atoms with Gasteiger partial charge in [0, 0.05) is 39.4 Å². The number of guanidine groups is 1. The molecular formula is C16H28N4. The Morgan fingerprint density at radius 3 is 2.50 bits per heavy atom. The van der Waals surface area contributed by atoms with E-state index < -0.39 is 0 Å². The quantitative estimate of drug-likeness (QED) is 0.456. The number of nitrogens with one attached hydrogen (secondary N) is 2. The molecule has 4 nitrogen and oxygen atoms in total. The fraction of sp³-hybridized carbons (Fsp3) is 0.562. The first kappa shape index (κ1) is 16.3. The Balaban J connectivity index is 2.20. The molecule has 1 aromatic carbocycles. The van der Waals surface area contributed by atoms with Crippen molar-refractivity contribution in [2.45, 2.75) is 20.3 Å². The van der Waals surface area contributed by atoms with Gasteiger partial charge in [-0.15, -0.1) is 0 Å². The van der Waals surface area contributed by atoms with Crippen LogP contribution in [0.15, 0.2) is 35.3 Å². The molecule has 0 aliphatic carbocycles. The zero-order valence-corrected chi connectivity index (χ0v) is 13.2. The molecule has 4 heteroatoms. The van der Waals surface area contributed by atoms with Gasteiger partial charge in [-0.1, -0.05) is 32.0 Å². The van der Waals surface area contributed by atoms with Crippen molar-refractivity contribution in [2.24, 2.45) is 10.9 Å². The minimum Gasteiger partial charge on any atom is -0.375 e. The highest BCUT2D eigenvalue weighted by Crippen LogP contribution is 2.10. The average molecular weight is 276 g/mol. The van der Waals surface area contributed by atoms with Crippen molar-refractivity contribution in [1.29, 1.82) is 0 Å². The zero-order chi connectivity index (χ0) is 14.8. The minimum absolute atomic E-state index is 0.623. The molecule has 0 fully saturated rings. The second-order valence-corrected chi connectivity index (χ2v) is 5.38. The normalized spacial score (nSPS) is 11.6. The van der Waals surface area contributed by atoms with E-state index in [0.717, 1.165) is 32.0 Å². The summed E-state index contributed by atoms with van der Waals surface area (Å²) >= 11 is 0. The summed E-state index contributed by atoms with van der Waals surface area (Å²) in [6, 6.07) is 10.5. The molecule has 2 N–H and O–H groups in total. The van der Waals surface area contributed by atoms with Crippen LogP contribution >= 0.6 is 0 Å². The lowest BCUT2D eigenvalue weighted by Crippen LogP contribution is -2.40. The van der Waals surface area contributed by atoms with E-state index in [1.807, 2.05) is 13.1 Å². The molecule has 0 aliphatic heterocycles. The van der Waals surface area contributed by atoms with Crippen LogP contribution in [-0.4, -0.2) is 39.7 Å². The molecule has 112 valence electrons. The predicted octanol–water partition coefficient (Wildman–Crippen LogP) is 2.33. The van der Waals surface area contributed by atoms with E-state index in [0.29, 0.717) is 5.92 Å². The SMILES string of the molecule is CN=C(NCCCN(C)c1ccccc1)NCC(C)C. The predicted molar refractivity (Wildman–Crippen MR) is 88.5 cm³/mol. The molecule has 0 unspecified atom stereocenters. The van der Waals surface area contributed by atoms with E-state index in [2.05, 4.69) is 65.7 Å². The number of para-hydroxylation sites is 1. The summed E-state index contributed by atoms with van der Waals surface area (Å²) in [6.07, 6.45) is 1.08. The summed E-state index contributed by atoms with van der Waals surface area (Å²) in [6.45, 7) is 7.28. The Bertz CT molecular complexity index is 387. The molecule has 1 rings (SSSR count). The lowest BCUT2D eigenvalue weighted by molar-refractivity contribution is 0.612. The third-order valence-electron chi connectivity index (χ3n) is 3.06. The molecule has 20 heavy (non-hydrogen) atoms. The summed E-state index contributed by atoms with van der Waals surface area (Å²) in [5, 5.41) is 6.66. The lowest BCUT2D eigenvalue weighted by Gasteiger charge is -2.19. The number of rotatable bonds is 7. The van der Waals surface area contributed by atoms with Crippen LogP contribution in [0, 0.1) is 5.92 Å². The minimum atomic E-state index is 0.623. The van der Waals surface area contributed by atoms with Gasteiger partial charge in [-0.25, -0.2) is 0 Å². The van der Waals surface area contributed by atoms with Crippen molar-refractivity contribution < 1.29 is 0 Å². The first-order valence-electron chi connectivity index (χ1n) is 7.34. The van der Waals surface area contributed by atoms with Gasteiger partial charge in [-0.05, 0) is 24.5 Å². The van der Waals surface area contributed by atoms with Crippen LogP contribution in [-0.2, 0) is 0 Å². The summed E-state index contributed by atoms with van der Waals surface area (Å²) in [4.78, 5) is 6.49. The van der Waals surface area contributed by atoms with Crippen LogP contribution in [0.1, 0.15) is 20.3 Å². The van der Waals surface area contributed by atoms with Crippen molar-refractivity contribution in [3.63, 3.8) is 0 Å². The van der Waals surface area contributed by atoms with Gasteiger partial charge in [0.05, 0.1) is 0 Å². The molecular weight excluding hydrogens is 248 g/mol. The molecule has 0 atom stereocenters. The van der Waals surface area contributed by atoms with Crippen molar-refractivity contribution in [3.8, 4) is 0 Å². The van der Waals surface area contributed by atoms with E-state index >= 15 is 0 Å². The third-order valence-corrected chi connectivity index (χ3v) is 3.06. The van der Waals surface area contributed by atoms with E-state index in [4.69, 9.17) is 0 Å². The number of hydrogen-bond acceptors (Lipinski definition) is 2. The van der Waals surface area contributed by atoms with E-state index in [-0.39, 0.29) is 0 Å². The smallest absolute Gasteiger partial charge is 0.190 e. The number of nitrogens with zero attached hydrogens (tertiary/aromatic N) is 2. The number of hydrogen-bond donors (Lipinski definition) is 2. The Kier molecular flexibility index (Phi) is 7.55. The van der Waals surface area contributed by atoms with Crippen molar-refractivity contribution >= 4 is 11.6 Å². The Labute approximate surface area is 123 Å². The maximum absolute atomic E-state index is 4.22. The second-order valence-electron chi connectivity index (χ2n) is 5.38. The topological polar surface area (TPSA) is 39.7 Å². The van der Waals surface area contributed by atoms with Crippen LogP contribution < -0.4 is 15.5 Å². The fourth-order valence-corrected chi connectivity index (χ4v) is 1.86. The molecule has 0 amide bonds. The maximum atomic E-state index is 4.22. The average Bonchev–Trinajstić information content (AvgIpc) is 2.47. The summed E-state index contributed by atoms with van der Waals surface area (Å²) < 4.78 is 0. The van der Waals surface area contributed by atoms with Crippen LogP contribution in [0.4, 0.5) is 5.69 Å². The standard InChI is InChI=1S/C16H28N4/c1-14(2)13-19-16(17-3)18-11-8-12-20(4)15-9-6-5-7-10-15/h5-7,9-10,14H,8,11-13H2,1-4H3,(H2,17,18,19). The summed E-state index contributed by atoms with van der Waals surface area (Å²) in [7, 11) is 3.94. The van der Waals surface area contributed by atoms with Crippen molar-refractivity contribution in [2.75, 3.05) is 38.6 Å². The van der Waals surface area contributed by atoms with Gasteiger partial charge in [0.25, 0.3) is 0 Å². The number of benzene rings is 1. The van der Waals surface area contributed by atoms with Gasteiger partial charge in [0.2, 0.25) is 0 Å². The van der Waals surface area contributed by atoms with Gasteiger partial charge in [0.15, 0.2) is 5.96 Å². The van der Waals surface area contributed by atoms with Gasteiger partial charge in [0.1, 0.15) is 0 Å². The van der Waals surface area contributed by atoms with Gasteiger partial charge in [-0.3, -0.25) is 4.99 Å². The van der Waals surface area contributed by atoms with Crippen LogP contribution in [0.2, 0.25) is 0 Å². The number of aliphatic imine (C=N–C) groups is 1. The van der Waals surface area contributed by atoms with Crippen LogP contribution in [0.5, 0.6) is 0 Å². The zero-order valence-electron chi connectivity index (χ0n) is 13.2. The third kappa shape index (κ3) is 6.45. The first-order valence-corrected chi connectivity index (χ1v) is 7.34. The Morgan fingerprint density at radius 1 is 1.20 bits per heavy atom. The molecule has 0 heterocycles. The van der Waals surface area contributed by atoms with Gasteiger partial charge < -0.3 is 15.5 Å². The second kappa shape index (κ2) is 9.23. The van der Waals surface area contributed by atoms with Gasteiger partial charge in [-0.2, -0.15) is 0 Å². The highest BCUT2D eigenvalue weighted by atomic mass is 15.2. The van der Waals surface area contributed by atoms with Gasteiger partial charge >= 0.3 is 0 Å². The summed E-state index contributed by atoms with van der Waals surface area (Å²) in [5.41, 5.74) is 1.26. The fourth-order valence-electron chi connectivity index (χ4n) is 1.86. The monoisotopic (exact) mass is 276 g/mol.